The summed E-state index contributed by atoms with van der Waals surface area (Å²) in [7, 11) is 2.16. The molecule has 112 valence electrons. The number of hydrogen-bond donors (Lipinski definition) is 1. The van der Waals surface area contributed by atoms with E-state index in [-0.39, 0.29) is 0 Å². The Morgan fingerprint density at radius 3 is 3.00 bits per heavy atom. The Morgan fingerprint density at radius 2 is 2.24 bits per heavy atom. The van der Waals surface area contributed by atoms with Crippen LogP contribution in [0.4, 0.5) is 5.69 Å². The molecule has 1 aromatic heterocycles. The first kappa shape index (κ1) is 14.5. The summed E-state index contributed by atoms with van der Waals surface area (Å²) >= 11 is 1.81. The van der Waals surface area contributed by atoms with Crippen molar-refractivity contribution in [1.82, 2.24) is 4.98 Å². The van der Waals surface area contributed by atoms with Gasteiger partial charge in [0.1, 0.15) is 0 Å². The van der Waals surface area contributed by atoms with E-state index in [0.717, 1.165) is 36.6 Å². The van der Waals surface area contributed by atoms with Crippen molar-refractivity contribution < 1.29 is 0 Å². The number of hydrogen-bond acceptors (Lipinski definition) is 4. The molecule has 1 atom stereocenters. The van der Waals surface area contributed by atoms with Gasteiger partial charge >= 0.3 is 0 Å². The molecule has 0 spiro atoms. The highest BCUT2D eigenvalue weighted by molar-refractivity contribution is 7.12. The number of benzene rings is 1. The molecular formula is C17H23N3S. The minimum Gasteiger partial charge on any atom is -0.374 e. The fourth-order valence-electron chi connectivity index (χ4n) is 3.08. The molecule has 21 heavy (non-hydrogen) atoms. The fourth-order valence-corrected chi connectivity index (χ4v) is 4.11. The second-order valence-electron chi connectivity index (χ2n) is 5.94. The van der Waals surface area contributed by atoms with Crippen LogP contribution < -0.4 is 10.6 Å². The first-order valence-electron chi connectivity index (χ1n) is 7.62. The number of nitrogens with zero attached hydrogens (tertiary/aromatic N) is 2. The molecule has 1 aliphatic rings. The molecule has 2 heterocycles. The Kier molecular flexibility index (Phi) is 4.00. The highest BCUT2D eigenvalue weighted by Gasteiger charge is 2.20. The maximum absolute atomic E-state index is 5.73. The number of nitrogens with two attached hydrogens (primary N) is 1. The van der Waals surface area contributed by atoms with E-state index in [1.807, 2.05) is 11.3 Å². The molecule has 2 aromatic rings. The third-order valence-electron chi connectivity index (χ3n) is 4.29. The first-order valence-corrected chi connectivity index (χ1v) is 8.43. The average molecular weight is 301 g/mol. The number of rotatable bonds is 4. The van der Waals surface area contributed by atoms with E-state index in [9.17, 15) is 0 Å². The Hall–Kier alpha value is -1.39. The Balaban J connectivity index is 2.01. The number of fused-ring (bicyclic) bond motifs is 1. The molecule has 3 rings (SSSR count). The summed E-state index contributed by atoms with van der Waals surface area (Å²) in [5.41, 5.74) is 11.0. The van der Waals surface area contributed by atoms with Crippen molar-refractivity contribution in [1.29, 1.82) is 0 Å². The van der Waals surface area contributed by atoms with Crippen molar-refractivity contribution in [3.63, 3.8) is 0 Å². The van der Waals surface area contributed by atoms with Gasteiger partial charge in [0.25, 0.3) is 0 Å². The Morgan fingerprint density at radius 1 is 1.43 bits per heavy atom. The monoisotopic (exact) mass is 301 g/mol. The summed E-state index contributed by atoms with van der Waals surface area (Å²) in [5.74, 6) is 0.479. The van der Waals surface area contributed by atoms with Gasteiger partial charge in [-0.15, -0.1) is 11.3 Å². The molecule has 0 saturated carbocycles. The molecule has 0 aliphatic carbocycles. The average Bonchev–Trinajstić information content (AvgIpc) is 3.03. The van der Waals surface area contributed by atoms with Gasteiger partial charge in [-0.3, -0.25) is 0 Å². The lowest BCUT2D eigenvalue weighted by Gasteiger charge is -2.13. The summed E-state index contributed by atoms with van der Waals surface area (Å²) in [6, 6.07) is 6.78. The lowest BCUT2D eigenvalue weighted by Crippen LogP contribution is -2.12. The third-order valence-corrected chi connectivity index (χ3v) is 5.49. The van der Waals surface area contributed by atoms with E-state index in [1.54, 1.807) is 0 Å². The normalized spacial score (nSPS) is 15.3. The van der Waals surface area contributed by atoms with Crippen molar-refractivity contribution in [2.24, 2.45) is 5.73 Å². The highest BCUT2D eigenvalue weighted by atomic mass is 32.1. The molecule has 4 heteroatoms. The molecule has 0 amide bonds. The molecule has 0 fully saturated rings. The molecule has 1 unspecified atom stereocenters. The van der Waals surface area contributed by atoms with Gasteiger partial charge in [0.05, 0.1) is 10.7 Å². The second-order valence-corrected chi connectivity index (χ2v) is 7.17. The van der Waals surface area contributed by atoms with Crippen LogP contribution in [0.2, 0.25) is 0 Å². The summed E-state index contributed by atoms with van der Waals surface area (Å²) in [4.78, 5) is 8.49. The number of aryl methyl sites for hydroxylation is 1. The predicted molar refractivity (Wildman–Crippen MR) is 91.3 cm³/mol. The summed E-state index contributed by atoms with van der Waals surface area (Å²) in [6.45, 7) is 6.19. The van der Waals surface area contributed by atoms with Crippen LogP contribution in [-0.4, -0.2) is 25.1 Å². The van der Waals surface area contributed by atoms with Crippen molar-refractivity contribution >= 4 is 17.0 Å². The van der Waals surface area contributed by atoms with Crippen LogP contribution in [0.25, 0.3) is 11.3 Å². The van der Waals surface area contributed by atoms with Gasteiger partial charge in [-0.1, -0.05) is 13.0 Å². The lowest BCUT2D eigenvalue weighted by molar-refractivity contribution is 0.701. The van der Waals surface area contributed by atoms with Crippen molar-refractivity contribution in [3.05, 3.63) is 33.6 Å². The van der Waals surface area contributed by atoms with Gasteiger partial charge < -0.3 is 10.6 Å². The predicted octanol–water partition coefficient (Wildman–Crippen LogP) is 3.56. The van der Waals surface area contributed by atoms with Gasteiger partial charge in [-0.05, 0) is 49.9 Å². The highest BCUT2D eigenvalue weighted by Crippen LogP contribution is 2.37. The van der Waals surface area contributed by atoms with E-state index >= 15 is 0 Å². The van der Waals surface area contributed by atoms with Crippen molar-refractivity contribution in [2.75, 3.05) is 25.0 Å². The van der Waals surface area contributed by atoms with Crippen LogP contribution in [0.15, 0.2) is 18.2 Å². The van der Waals surface area contributed by atoms with Gasteiger partial charge in [-0.2, -0.15) is 0 Å². The second kappa shape index (κ2) is 5.78. The minimum atomic E-state index is 0.479. The lowest BCUT2D eigenvalue weighted by atomic mass is 9.99. The molecule has 2 N–H and O–H groups in total. The first-order chi connectivity index (χ1) is 10.1. The van der Waals surface area contributed by atoms with Gasteiger partial charge in [0, 0.05) is 29.7 Å². The third kappa shape index (κ3) is 2.70. The molecule has 0 saturated heterocycles. The number of likely N-dealkylation sites (N-methyl/N-ethyl adjacent to an activating group) is 1. The maximum atomic E-state index is 5.73. The maximum Gasteiger partial charge on any atom is 0.0904 e. The van der Waals surface area contributed by atoms with Gasteiger partial charge in [-0.25, -0.2) is 4.98 Å². The zero-order chi connectivity index (χ0) is 15.0. The Bertz CT molecular complexity index is 647. The van der Waals surface area contributed by atoms with Crippen LogP contribution in [0, 0.1) is 6.92 Å². The molecule has 0 radical (unpaired) electrons. The topological polar surface area (TPSA) is 42.2 Å². The molecule has 1 aromatic carbocycles. The van der Waals surface area contributed by atoms with Gasteiger partial charge in [0.2, 0.25) is 0 Å². The van der Waals surface area contributed by atoms with Crippen LogP contribution in [0.1, 0.15) is 34.7 Å². The number of aromatic nitrogens is 1. The summed E-state index contributed by atoms with van der Waals surface area (Å²) < 4.78 is 0. The van der Waals surface area contributed by atoms with Crippen molar-refractivity contribution in [3.8, 4) is 11.3 Å². The summed E-state index contributed by atoms with van der Waals surface area (Å²) in [5, 5.41) is 1.14. The van der Waals surface area contributed by atoms with Crippen molar-refractivity contribution in [2.45, 2.75) is 32.6 Å². The standard InChI is InChI=1S/C17H23N3S/c1-11(6-8-18)17-16(19-12(2)21-17)14-4-5-15-13(10-14)7-9-20(15)3/h4-5,10-11H,6-9,18H2,1-3H3. The smallest absolute Gasteiger partial charge is 0.0904 e. The van der Waals surface area contributed by atoms with Gasteiger partial charge in [0.15, 0.2) is 0 Å². The Labute approximate surface area is 130 Å². The molecule has 3 nitrogen and oxygen atoms in total. The van der Waals surface area contributed by atoms with E-state index in [4.69, 9.17) is 10.7 Å². The molecule has 0 bridgehead atoms. The summed E-state index contributed by atoms with van der Waals surface area (Å²) in [6.07, 6.45) is 2.15. The van der Waals surface area contributed by atoms with E-state index < -0.39 is 0 Å². The number of anilines is 1. The quantitative estimate of drug-likeness (QED) is 0.939. The zero-order valence-corrected chi connectivity index (χ0v) is 13.8. The van der Waals surface area contributed by atoms with E-state index in [0.29, 0.717) is 5.92 Å². The molecular weight excluding hydrogens is 278 g/mol. The van der Waals surface area contributed by atoms with E-state index in [1.165, 1.54) is 21.7 Å². The van der Waals surface area contributed by atoms with Crippen LogP contribution >= 0.6 is 11.3 Å². The van der Waals surface area contributed by atoms with Crippen LogP contribution in [0.3, 0.4) is 0 Å². The molecule has 1 aliphatic heterocycles. The minimum absolute atomic E-state index is 0.479. The van der Waals surface area contributed by atoms with E-state index in [2.05, 4.69) is 44.0 Å². The largest absolute Gasteiger partial charge is 0.374 e. The fraction of sp³-hybridized carbons (Fsp3) is 0.471. The van der Waals surface area contributed by atoms with Crippen LogP contribution in [0.5, 0.6) is 0 Å². The number of thiazole rings is 1. The zero-order valence-electron chi connectivity index (χ0n) is 13.0. The SMILES string of the molecule is Cc1nc(-c2ccc3c(c2)CCN3C)c(C(C)CCN)s1. The van der Waals surface area contributed by atoms with Crippen LogP contribution in [-0.2, 0) is 6.42 Å².